The third-order valence-electron chi connectivity index (χ3n) is 3.50. The maximum atomic E-state index is 10.8. The van der Waals surface area contributed by atoms with Crippen LogP contribution >= 0.6 is 0 Å². The number of hydrogen-bond donors (Lipinski definition) is 2. The van der Waals surface area contributed by atoms with Crippen molar-refractivity contribution in [3.63, 3.8) is 0 Å². The van der Waals surface area contributed by atoms with Gasteiger partial charge < -0.3 is 21.3 Å². The Morgan fingerprint density at radius 1 is 1.47 bits per heavy atom. The molecule has 1 heterocycles. The molecule has 1 aromatic rings. The van der Waals surface area contributed by atoms with Crippen molar-refractivity contribution >= 4 is 17.1 Å². The topological polar surface area (TPSA) is 102 Å². The molecule has 7 heteroatoms. The van der Waals surface area contributed by atoms with E-state index < -0.39 is 4.92 Å². The van der Waals surface area contributed by atoms with Crippen molar-refractivity contribution in [3.8, 4) is 0 Å². The van der Waals surface area contributed by atoms with Gasteiger partial charge in [0.25, 0.3) is 5.69 Å². The summed E-state index contributed by atoms with van der Waals surface area (Å²) in [4.78, 5) is 14.7. The minimum absolute atomic E-state index is 0.0535. The van der Waals surface area contributed by atoms with Crippen LogP contribution in [0.1, 0.15) is 0 Å². The lowest BCUT2D eigenvalue weighted by molar-refractivity contribution is -0.383. The molecule has 7 nitrogen and oxygen atoms in total. The summed E-state index contributed by atoms with van der Waals surface area (Å²) in [6.07, 6.45) is 0. The van der Waals surface area contributed by atoms with Gasteiger partial charge in [-0.05, 0) is 19.2 Å². The number of nitrogen functional groups attached to an aromatic ring is 1. The summed E-state index contributed by atoms with van der Waals surface area (Å²) in [5, 5.41) is 10.8. The van der Waals surface area contributed by atoms with Crippen LogP contribution in [0.5, 0.6) is 0 Å². The zero-order chi connectivity index (χ0) is 14.0. The van der Waals surface area contributed by atoms with Crippen LogP contribution < -0.4 is 16.4 Å². The molecule has 1 aromatic carbocycles. The maximum absolute atomic E-state index is 10.8. The van der Waals surface area contributed by atoms with Crippen LogP contribution in [0, 0.1) is 10.1 Å². The highest BCUT2D eigenvalue weighted by molar-refractivity contribution is 5.67. The molecule has 0 bridgehead atoms. The first-order chi connectivity index (χ1) is 9.02. The number of nitro benzene ring substituents is 1. The number of nitrogens with two attached hydrogens (primary N) is 2. The quantitative estimate of drug-likeness (QED) is 0.461. The molecule has 0 saturated carbocycles. The summed E-state index contributed by atoms with van der Waals surface area (Å²) in [5.74, 6) is 0. The van der Waals surface area contributed by atoms with Crippen molar-refractivity contribution in [1.29, 1.82) is 0 Å². The van der Waals surface area contributed by atoms with Crippen LogP contribution in [0.2, 0.25) is 0 Å². The molecule has 1 aliphatic rings. The van der Waals surface area contributed by atoms with Gasteiger partial charge in [0.1, 0.15) is 5.69 Å². The molecule has 1 aliphatic heterocycles. The first-order valence-corrected chi connectivity index (χ1v) is 6.22. The number of nitro groups is 1. The Bertz CT molecular complexity index is 479. The summed E-state index contributed by atoms with van der Waals surface area (Å²) in [6, 6.07) is 5.06. The van der Waals surface area contributed by atoms with E-state index in [9.17, 15) is 10.1 Å². The summed E-state index contributed by atoms with van der Waals surface area (Å²) < 4.78 is 0. The Morgan fingerprint density at radius 2 is 2.21 bits per heavy atom. The molecule has 19 heavy (non-hydrogen) atoms. The minimum atomic E-state index is -0.469. The second-order valence-electron chi connectivity index (χ2n) is 4.85. The van der Waals surface area contributed by atoms with Gasteiger partial charge in [0.05, 0.1) is 11.0 Å². The van der Waals surface area contributed by atoms with E-state index >= 15 is 0 Å². The minimum Gasteiger partial charge on any atom is -0.393 e. The molecule has 0 radical (unpaired) electrons. The van der Waals surface area contributed by atoms with Crippen molar-refractivity contribution in [3.05, 3.63) is 28.3 Å². The Balaban J connectivity index is 2.26. The molecular weight excluding hydrogens is 246 g/mol. The van der Waals surface area contributed by atoms with Gasteiger partial charge in [-0.1, -0.05) is 0 Å². The molecule has 0 spiro atoms. The molecule has 0 amide bonds. The maximum Gasteiger partial charge on any atom is 0.292 e. The van der Waals surface area contributed by atoms with Crippen LogP contribution in [-0.2, 0) is 0 Å². The molecule has 0 aromatic heterocycles. The Labute approximate surface area is 111 Å². The first-order valence-electron chi connectivity index (χ1n) is 6.22. The summed E-state index contributed by atoms with van der Waals surface area (Å²) in [5.41, 5.74) is 12.6. The van der Waals surface area contributed by atoms with Crippen molar-refractivity contribution in [2.75, 3.05) is 43.9 Å². The Hall–Kier alpha value is -1.86. The van der Waals surface area contributed by atoms with E-state index in [4.69, 9.17) is 11.5 Å². The predicted molar refractivity (Wildman–Crippen MR) is 75.2 cm³/mol. The lowest BCUT2D eigenvalue weighted by Gasteiger charge is -2.41. The standard InChI is InChI=1S/C12H19N5O2/c1-15-4-5-16(10(7-13)8-15)9-2-3-12(17(18)19)11(14)6-9/h2-3,6,10H,4-5,7-8,13-14H2,1H3. The smallest absolute Gasteiger partial charge is 0.292 e. The van der Waals surface area contributed by atoms with Gasteiger partial charge >= 0.3 is 0 Å². The number of nitrogens with zero attached hydrogens (tertiary/aromatic N) is 3. The van der Waals surface area contributed by atoms with Gasteiger partial charge in [-0.2, -0.15) is 0 Å². The number of hydrogen-bond acceptors (Lipinski definition) is 6. The molecular formula is C12H19N5O2. The van der Waals surface area contributed by atoms with Crippen LogP contribution in [0.25, 0.3) is 0 Å². The molecule has 1 unspecified atom stereocenters. The highest BCUT2D eigenvalue weighted by atomic mass is 16.6. The number of piperazine rings is 1. The summed E-state index contributed by atoms with van der Waals surface area (Å²) in [7, 11) is 2.06. The number of anilines is 2. The molecule has 1 saturated heterocycles. The van der Waals surface area contributed by atoms with Crippen LogP contribution in [0.3, 0.4) is 0 Å². The lowest BCUT2D eigenvalue weighted by atomic mass is 10.1. The van der Waals surface area contributed by atoms with Crippen molar-refractivity contribution in [2.45, 2.75) is 6.04 Å². The fourth-order valence-electron chi connectivity index (χ4n) is 2.44. The van der Waals surface area contributed by atoms with E-state index in [0.29, 0.717) is 6.54 Å². The zero-order valence-electron chi connectivity index (χ0n) is 11.0. The molecule has 4 N–H and O–H groups in total. The normalized spacial score (nSPS) is 20.5. The molecule has 2 rings (SSSR count). The third kappa shape index (κ3) is 2.77. The fourth-order valence-corrected chi connectivity index (χ4v) is 2.44. The van der Waals surface area contributed by atoms with Gasteiger partial charge in [-0.25, -0.2) is 0 Å². The van der Waals surface area contributed by atoms with Crippen molar-refractivity contribution in [2.24, 2.45) is 5.73 Å². The van der Waals surface area contributed by atoms with Gasteiger partial charge in [0.2, 0.25) is 0 Å². The number of benzene rings is 1. The Morgan fingerprint density at radius 3 is 2.79 bits per heavy atom. The van der Waals surface area contributed by atoms with Crippen LogP contribution in [0.15, 0.2) is 18.2 Å². The van der Waals surface area contributed by atoms with Gasteiger partial charge in [0.15, 0.2) is 0 Å². The zero-order valence-corrected chi connectivity index (χ0v) is 11.0. The van der Waals surface area contributed by atoms with E-state index in [2.05, 4.69) is 16.8 Å². The third-order valence-corrected chi connectivity index (χ3v) is 3.50. The molecule has 104 valence electrons. The number of likely N-dealkylation sites (N-methyl/N-ethyl adjacent to an activating group) is 1. The molecule has 1 fully saturated rings. The molecule has 1 atom stereocenters. The van der Waals surface area contributed by atoms with E-state index in [1.165, 1.54) is 6.07 Å². The second kappa shape index (κ2) is 5.41. The highest BCUT2D eigenvalue weighted by Gasteiger charge is 2.25. The van der Waals surface area contributed by atoms with E-state index in [0.717, 1.165) is 25.3 Å². The summed E-state index contributed by atoms with van der Waals surface area (Å²) in [6.45, 7) is 3.21. The Kier molecular flexibility index (Phi) is 3.87. The number of rotatable bonds is 3. The predicted octanol–water partition coefficient (Wildman–Crippen LogP) is 0.256. The SMILES string of the molecule is CN1CCN(c2ccc([N+](=O)[O-])c(N)c2)C(CN)C1. The largest absolute Gasteiger partial charge is 0.393 e. The highest BCUT2D eigenvalue weighted by Crippen LogP contribution is 2.28. The van der Waals surface area contributed by atoms with Crippen molar-refractivity contribution < 1.29 is 4.92 Å². The average molecular weight is 265 g/mol. The monoisotopic (exact) mass is 265 g/mol. The van der Waals surface area contributed by atoms with Gasteiger partial charge in [-0.3, -0.25) is 10.1 Å². The molecule has 0 aliphatic carbocycles. The van der Waals surface area contributed by atoms with E-state index in [-0.39, 0.29) is 17.4 Å². The van der Waals surface area contributed by atoms with Crippen LogP contribution in [-0.4, -0.2) is 49.1 Å². The average Bonchev–Trinajstić information content (AvgIpc) is 2.37. The second-order valence-corrected chi connectivity index (χ2v) is 4.85. The van der Waals surface area contributed by atoms with E-state index in [1.54, 1.807) is 12.1 Å². The van der Waals surface area contributed by atoms with Gasteiger partial charge in [-0.15, -0.1) is 0 Å². The van der Waals surface area contributed by atoms with Crippen LogP contribution in [0.4, 0.5) is 17.1 Å². The summed E-state index contributed by atoms with van der Waals surface area (Å²) >= 11 is 0. The van der Waals surface area contributed by atoms with Gasteiger partial charge in [0, 0.05) is 37.9 Å². The first kappa shape index (κ1) is 13.6. The fraction of sp³-hybridized carbons (Fsp3) is 0.500. The van der Waals surface area contributed by atoms with Crippen molar-refractivity contribution in [1.82, 2.24) is 4.90 Å². The van der Waals surface area contributed by atoms with E-state index in [1.807, 2.05) is 0 Å². The lowest BCUT2D eigenvalue weighted by Crippen LogP contribution is -2.55.